The van der Waals surface area contributed by atoms with Gasteiger partial charge >= 0.3 is 0 Å². The highest BCUT2D eigenvalue weighted by Gasteiger charge is 2.18. The number of benzene rings is 3. The van der Waals surface area contributed by atoms with E-state index in [0.717, 1.165) is 26.8 Å². The number of carbonyl (C=O) groups is 1. The summed E-state index contributed by atoms with van der Waals surface area (Å²) in [5.74, 6) is -0.270. The molecule has 1 amide bonds. The molecule has 2 aromatic heterocycles. The largest absolute Gasteiger partial charge is 0.325 e. The van der Waals surface area contributed by atoms with Gasteiger partial charge in [-0.3, -0.25) is 14.2 Å². The van der Waals surface area contributed by atoms with Gasteiger partial charge in [-0.05, 0) is 60.4 Å². The molecule has 5 nitrogen and oxygen atoms in total. The molecular weight excluding hydrogens is 430 g/mol. The van der Waals surface area contributed by atoms with Gasteiger partial charge < -0.3 is 5.32 Å². The van der Waals surface area contributed by atoms with Crippen LogP contribution in [-0.2, 0) is 11.3 Å². The summed E-state index contributed by atoms with van der Waals surface area (Å²) in [6.45, 7) is 6.04. The molecule has 1 N–H and O–H groups in total. The van der Waals surface area contributed by atoms with Crippen LogP contribution >= 0.6 is 11.3 Å². The van der Waals surface area contributed by atoms with E-state index in [4.69, 9.17) is 0 Å². The van der Waals surface area contributed by atoms with E-state index in [0.29, 0.717) is 15.9 Å². The Morgan fingerprint density at radius 3 is 2.55 bits per heavy atom. The van der Waals surface area contributed by atoms with Crippen LogP contribution in [0.2, 0.25) is 0 Å². The fourth-order valence-electron chi connectivity index (χ4n) is 4.12. The van der Waals surface area contributed by atoms with Crippen molar-refractivity contribution in [2.45, 2.75) is 27.3 Å². The van der Waals surface area contributed by atoms with Crippen molar-refractivity contribution >= 4 is 43.9 Å². The van der Waals surface area contributed by atoms with Crippen LogP contribution in [0.3, 0.4) is 0 Å². The fourth-order valence-corrected chi connectivity index (χ4v) is 5.12. The summed E-state index contributed by atoms with van der Waals surface area (Å²) in [4.78, 5) is 32.4. The van der Waals surface area contributed by atoms with Gasteiger partial charge in [-0.25, -0.2) is 4.98 Å². The molecule has 0 aliphatic rings. The lowest BCUT2D eigenvalue weighted by molar-refractivity contribution is -0.116. The number of nitrogens with zero attached hydrogens (tertiary/aromatic N) is 2. The zero-order valence-electron chi connectivity index (χ0n) is 18.7. The average molecular weight is 454 g/mol. The molecular formula is C27H23N3O2S. The second kappa shape index (κ2) is 8.30. The van der Waals surface area contributed by atoms with Crippen molar-refractivity contribution in [1.29, 1.82) is 0 Å². The summed E-state index contributed by atoms with van der Waals surface area (Å²) in [6, 6.07) is 19.9. The number of thiophene rings is 1. The van der Waals surface area contributed by atoms with Crippen molar-refractivity contribution in [3.05, 3.63) is 93.3 Å². The monoisotopic (exact) mass is 453 g/mol. The molecule has 164 valence electrons. The molecule has 0 radical (unpaired) electrons. The predicted octanol–water partition coefficient (Wildman–Crippen LogP) is 5.84. The Morgan fingerprint density at radius 1 is 0.970 bits per heavy atom. The molecule has 0 aliphatic heterocycles. The van der Waals surface area contributed by atoms with Gasteiger partial charge in [-0.2, -0.15) is 0 Å². The summed E-state index contributed by atoms with van der Waals surface area (Å²) in [5.41, 5.74) is 4.77. The topological polar surface area (TPSA) is 64.0 Å². The molecule has 0 unspecified atom stereocenters. The first-order chi connectivity index (χ1) is 15.9. The van der Waals surface area contributed by atoms with Crippen molar-refractivity contribution in [3.63, 3.8) is 0 Å². The van der Waals surface area contributed by atoms with Crippen LogP contribution in [-0.4, -0.2) is 15.5 Å². The maximum atomic E-state index is 13.4. The van der Waals surface area contributed by atoms with Gasteiger partial charge in [0.15, 0.2) is 0 Å². The van der Waals surface area contributed by atoms with E-state index in [2.05, 4.69) is 36.3 Å². The zero-order chi connectivity index (χ0) is 23.1. The first-order valence-electron chi connectivity index (χ1n) is 10.8. The number of amides is 1. The quantitative estimate of drug-likeness (QED) is 0.372. The molecule has 3 aromatic carbocycles. The first kappa shape index (κ1) is 21.1. The lowest BCUT2D eigenvalue weighted by Crippen LogP contribution is -2.27. The lowest BCUT2D eigenvalue weighted by Gasteiger charge is -2.09. The number of aryl methyl sites for hydroxylation is 3. The third-order valence-corrected chi connectivity index (χ3v) is 7.01. The highest BCUT2D eigenvalue weighted by Crippen LogP contribution is 2.36. The van der Waals surface area contributed by atoms with Crippen LogP contribution in [0.4, 0.5) is 5.69 Å². The Hall–Kier alpha value is -3.77. The summed E-state index contributed by atoms with van der Waals surface area (Å²) in [5, 5.41) is 5.62. The number of aromatic nitrogens is 2. The Bertz CT molecular complexity index is 1600. The standard InChI is InChI=1S/C27H23N3O2S/c1-16-8-9-21(12-17(16)2)24-18(3)33-26-25(24)27(32)30(15-28-26)14-23(31)29-22-11-10-19-6-4-5-7-20(19)13-22/h4-13,15H,14H2,1-3H3,(H,29,31). The third-order valence-electron chi connectivity index (χ3n) is 6.00. The lowest BCUT2D eigenvalue weighted by atomic mass is 9.99. The summed E-state index contributed by atoms with van der Waals surface area (Å²) < 4.78 is 1.38. The van der Waals surface area contributed by atoms with Gasteiger partial charge in [0.25, 0.3) is 5.56 Å². The number of hydrogen-bond donors (Lipinski definition) is 1. The molecule has 5 rings (SSSR count). The van der Waals surface area contributed by atoms with E-state index in [9.17, 15) is 9.59 Å². The van der Waals surface area contributed by atoms with Gasteiger partial charge in [0.2, 0.25) is 5.91 Å². The second-order valence-electron chi connectivity index (χ2n) is 8.30. The van der Waals surface area contributed by atoms with E-state index in [-0.39, 0.29) is 18.0 Å². The minimum atomic E-state index is -0.270. The van der Waals surface area contributed by atoms with E-state index in [1.165, 1.54) is 33.4 Å². The van der Waals surface area contributed by atoms with Crippen molar-refractivity contribution in [1.82, 2.24) is 9.55 Å². The van der Waals surface area contributed by atoms with Gasteiger partial charge in [-0.15, -0.1) is 11.3 Å². The third kappa shape index (κ3) is 3.94. The smallest absolute Gasteiger partial charge is 0.263 e. The SMILES string of the molecule is Cc1ccc(-c2c(C)sc3ncn(CC(=O)Nc4ccc5ccccc5c4)c(=O)c23)cc1C. The van der Waals surface area contributed by atoms with Crippen molar-refractivity contribution in [2.24, 2.45) is 0 Å². The van der Waals surface area contributed by atoms with Crippen LogP contribution in [0.1, 0.15) is 16.0 Å². The molecule has 0 bridgehead atoms. The number of nitrogens with one attached hydrogen (secondary N) is 1. The molecule has 0 atom stereocenters. The van der Waals surface area contributed by atoms with Crippen LogP contribution in [0.5, 0.6) is 0 Å². The Balaban J connectivity index is 1.48. The fraction of sp³-hybridized carbons (Fsp3) is 0.148. The number of carbonyl (C=O) groups excluding carboxylic acids is 1. The molecule has 33 heavy (non-hydrogen) atoms. The Morgan fingerprint density at radius 2 is 1.76 bits per heavy atom. The van der Waals surface area contributed by atoms with Crippen LogP contribution < -0.4 is 10.9 Å². The maximum Gasteiger partial charge on any atom is 0.263 e. The average Bonchev–Trinajstić information content (AvgIpc) is 3.14. The Kier molecular flexibility index (Phi) is 5.30. The van der Waals surface area contributed by atoms with E-state index in [1.807, 2.05) is 55.5 Å². The summed E-state index contributed by atoms with van der Waals surface area (Å²) in [7, 11) is 0. The molecule has 0 saturated carbocycles. The van der Waals surface area contributed by atoms with Crippen LogP contribution in [0.15, 0.2) is 71.8 Å². The summed E-state index contributed by atoms with van der Waals surface area (Å²) >= 11 is 1.50. The predicted molar refractivity (Wildman–Crippen MR) is 136 cm³/mol. The summed E-state index contributed by atoms with van der Waals surface area (Å²) in [6.07, 6.45) is 1.46. The van der Waals surface area contributed by atoms with Gasteiger partial charge in [-0.1, -0.05) is 48.5 Å². The molecule has 5 aromatic rings. The van der Waals surface area contributed by atoms with Crippen molar-refractivity contribution in [3.8, 4) is 11.1 Å². The minimum absolute atomic E-state index is 0.101. The van der Waals surface area contributed by atoms with Crippen molar-refractivity contribution in [2.75, 3.05) is 5.32 Å². The van der Waals surface area contributed by atoms with Crippen LogP contribution in [0.25, 0.3) is 32.1 Å². The normalized spacial score (nSPS) is 11.2. The van der Waals surface area contributed by atoms with E-state index in [1.54, 1.807) is 0 Å². The molecule has 0 aliphatic carbocycles. The van der Waals surface area contributed by atoms with E-state index >= 15 is 0 Å². The molecule has 0 spiro atoms. The number of fused-ring (bicyclic) bond motifs is 2. The Labute approximate surface area is 195 Å². The van der Waals surface area contributed by atoms with E-state index < -0.39 is 0 Å². The highest BCUT2D eigenvalue weighted by atomic mass is 32.1. The number of anilines is 1. The molecule has 2 heterocycles. The molecule has 0 saturated heterocycles. The highest BCUT2D eigenvalue weighted by molar-refractivity contribution is 7.19. The van der Waals surface area contributed by atoms with Gasteiger partial charge in [0.1, 0.15) is 11.4 Å². The first-order valence-corrected chi connectivity index (χ1v) is 11.6. The molecule has 6 heteroatoms. The second-order valence-corrected chi connectivity index (χ2v) is 9.50. The zero-order valence-corrected chi connectivity index (χ0v) is 19.5. The molecule has 0 fully saturated rings. The maximum absolute atomic E-state index is 13.4. The van der Waals surface area contributed by atoms with Crippen molar-refractivity contribution < 1.29 is 4.79 Å². The minimum Gasteiger partial charge on any atom is -0.325 e. The van der Waals surface area contributed by atoms with Gasteiger partial charge in [0, 0.05) is 16.1 Å². The number of rotatable bonds is 4. The number of hydrogen-bond acceptors (Lipinski definition) is 4. The van der Waals surface area contributed by atoms with Gasteiger partial charge in [0.05, 0.1) is 11.7 Å². The van der Waals surface area contributed by atoms with Crippen LogP contribution in [0, 0.1) is 20.8 Å².